The molecule has 0 radical (unpaired) electrons. The van der Waals surface area contributed by atoms with E-state index in [-0.39, 0.29) is 6.04 Å². The predicted octanol–water partition coefficient (Wildman–Crippen LogP) is -0.0838. The van der Waals surface area contributed by atoms with Crippen molar-refractivity contribution in [3.8, 4) is 0 Å². The van der Waals surface area contributed by atoms with Crippen LogP contribution in [-0.4, -0.2) is 46.3 Å². The second kappa shape index (κ2) is 3.87. The second-order valence-corrected chi connectivity index (χ2v) is 3.34. The van der Waals surface area contributed by atoms with E-state index >= 15 is 0 Å². The molecule has 2 N–H and O–H groups in total. The zero-order valence-corrected chi connectivity index (χ0v) is 7.23. The zero-order chi connectivity index (χ0) is 9.14. The van der Waals surface area contributed by atoms with Gasteiger partial charge in [0, 0.05) is 6.54 Å². The fourth-order valence-electron chi connectivity index (χ4n) is 1.66. The van der Waals surface area contributed by atoms with Crippen LogP contribution in [0.4, 0.5) is 0 Å². The Kier molecular flexibility index (Phi) is 3.05. The van der Waals surface area contributed by atoms with E-state index in [0.29, 0.717) is 13.0 Å². The van der Waals surface area contributed by atoms with Crippen molar-refractivity contribution in [2.75, 3.05) is 13.1 Å². The Hall–Kier alpha value is -0.610. The van der Waals surface area contributed by atoms with Crippen LogP contribution in [0.2, 0.25) is 0 Å². The molecule has 0 saturated carbocycles. The molecule has 4 heteroatoms. The van der Waals surface area contributed by atoms with Gasteiger partial charge in [-0.25, -0.2) is 0 Å². The third-order valence-corrected chi connectivity index (χ3v) is 2.15. The fourth-order valence-corrected chi connectivity index (χ4v) is 1.66. The summed E-state index contributed by atoms with van der Waals surface area (Å²) in [5, 5.41) is 17.9. The molecule has 0 spiro atoms. The van der Waals surface area contributed by atoms with Crippen molar-refractivity contribution in [2.24, 2.45) is 0 Å². The lowest BCUT2D eigenvalue weighted by atomic mass is 10.2. The number of carbonyl (C=O) groups is 1. The molecule has 4 nitrogen and oxygen atoms in total. The van der Waals surface area contributed by atoms with Gasteiger partial charge in [-0.3, -0.25) is 9.69 Å². The van der Waals surface area contributed by atoms with Crippen molar-refractivity contribution in [1.29, 1.82) is 0 Å². The van der Waals surface area contributed by atoms with E-state index in [1.807, 2.05) is 4.90 Å². The van der Waals surface area contributed by atoms with Gasteiger partial charge in [0.15, 0.2) is 0 Å². The van der Waals surface area contributed by atoms with Gasteiger partial charge in [-0.2, -0.15) is 0 Å². The van der Waals surface area contributed by atoms with Crippen molar-refractivity contribution in [1.82, 2.24) is 4.90 Å². The zero-order valence-electron chi connectivity index (χ0n) is 7.23. The highest BCUT2D eigenvalue weighted by atomic mass is 16.4. The number of carboxylic acids is 1. The molecular formula is C8H15NO3. The number of aliphatic carboxylic acids is 1. The van der Waals surface area contributed by atoms with Crippen molar-refractivity contribution in [3.63, 3.8) is 0 Å². The van der Waals surface area contributed by atoms with Crippen molar-refractivity contribution in [3.05, 3.63) is 0 Å². The lowest BCUT2D eigenvalue weighted by molar-refractivity contribution is -0.142. The third kappa shape index (κ3) is 2.19. The number of aliphatic hydroxyl groups is 1. The van der Waals surface area contributed by atoms with Gasteiger partial charge in [-0.1, -0.05) is 0 Å². The van der Waals surface area contributed by atoms with E-state index < -0.39 is 12.1 Å². The minimum absolute atomic E-state index is 0.375. The number of β-amino-alcohol motifs (C(OH)–C–C–N with tert-alkyl or cyclic N) is 1. The minimum Gasteiger partial charge on any atom is -0.480 e. The van der Waals surface area contributed by atoms with Crippen molar-refractivity contribution < 1.29 is 15.0 Å². The average molecular weight is 173 g/mol. The normalized spacial score (nSPS) is 27.3. The third-order valence-electron chi connectivity index (χ3n) is 2.15. The Morgan fingerprint density at radius 1 is 1.75 bits per heavy atom. The lowest BCUT2D eigenvalue weighted by Gasteiger charge is -2.21. The highest BCUT2D eigenvalue weighted by molar-refractivity contribution is 5.73. The number of hydrogen-bond donors (Lipinski definition) is 2. The molecule has 0 aromatic heterocycles. The van der Waals surface area contributed by atoms with E-state index in [2.05, 4.69) is 0 Å². The average Bonchev–Trinajstić information content (AvgIpc) is 2.33. The molecule has 1 fully saturated rings. The topological polar surface area (TPSA) is 60.8 Å². The molecule has 1 aliphatic heterocycles. The lowest BCUT2D eigenvalue weighted by Crippen LogP contribution is -2.39. The quantitative estimate of drug-likeness (QED) is 0.626. The molecule has 1 saturated heterocycles. The number of likely N-dealkylation sites (tertiary alicyclic amines) is 1. The molecular weight excluding hydrogens is 158 g/mol. The largest absolute Gasteiger partial charge is 0.480 e. The first-order valence-electron chi connectivity index (χ1n) is 4.26. The van der Waals surface area contributed by atoms with E-state index in [9.17, 15) is 4.79 Å². The first kappa shape index (κ1) is 9.48. The SMILES string of the molecule is CC(O)CN1CCCC1C(=O)O. The fraction of sp³-hybridized carbons (Fsp3) is 0.875. The van der Waals surface area contributed by atoms with E-state index in [0.717, 1.165) is 13.0 Å². The smallest absolute Gasteiger partial charge is 0.320 e. The standard InChI is InChI=1S/C8H15NO3/c1-6(10)5-9-4-2-3-7(9)8(11)12/h6-7,10H,2-5H2,1H3,(H,11,12). The number of nitrogens with zero attached hydrogens (tertiary/aromatic N) is 1. The molecule has 0 aromatic rings. The first-order valence-corrected chi connectivity index (χ1v) is 4.26. The van der Waals surface area contributed by atoms with Crippen LogP contribution in [0.3, 0.4) is 0 Å². The summed E-state index contributed by atoms with van der Waals surface area (Å²) in [7, 11) is 0. The Morgan fingerprint density at radius 3 is 2.92 bits per heavy atom. The molecule has 1 aliphatic rings. The number of hydrogen-bond acceptors (Lipinski definition) is 3. The van der Waals surface area contributed by atoms with E-state index in [1.54, 1.807) is 6.92 Å². The number of carboxylic acid groups (broad SMARTS) is 1. The summed E-state index contributed by atoms with van der Waals surface area (Å²) in [6.45, 7) is 2.94. The van der Waals surface area contributed by atoms with Gasteiger partial charge in [0.2, 0.25) is 0 Å². The van der Waals surface area contributed by atoms with E-state index in [1.165, 1.54) is 0 Å². The molecule has 1 rings (SSSR count). The molecule has 2 atom stereocenters. The first-order chi connectivity index (χ1) is 5.61. The molecule has 70 valence electrons. The van der Waals surface area contributed by atoms with Gasteiger partial charge in [-0.15, -0.1) is 0 Å². The Bertz CT molecular complexity index is 170. The molecule has 1 heterocycles. The minimum atomic E-state index is -0.770. The van der Waals surface area contributed by atoms with Gasteiger partial charge >= 0.3 is 5.97 Å². The van der Waals surface area contributed by atoms with Crippen LogP contribution in [-0.2, 0) is 4.79 Å². The molecule has 12 heavy (non-hydrogen) atoms. The summed E-state index contributed by atoms with van der Waals surface area (Å²) in [6.07, 6.45) is 1.19. The van der Waals surface area contributed by atoms with Crippen LogP contribution in [0, 0.1) is 0 Å². The summed E-state index contributed by atoms with van der Waals surface area (Å²) in [4.78, 5) is 12.5. The highest BCUT2D eigenvalue weighted by Gasteiger charge is 2.30. The second-order valence-electron chi connectivity index (χ2n) is 3.34. The summed E-state index contributed by atoms with van der Waals surface area (Å²) in [5.41, 5.74) is 0. The molecule has 0 amide bonds. The number of aliphatic hydroxyl groups excluding tert-OH is 1. The van der Waals surface area contributed by atoms with E-state index in [4.69, 9.17) is 10.2 Å². The summed E-state index contributed by atoms with van der Waals surface area (Å²) in [6, 6.07) is -0.375. The van der Waals surface area contributed by atoms with Crippen LogP contribution in [0.5, 0.6) is 0 Å². The summed E-state index contributed by atoms with van der Waals surface area (Å²) in [5.74, 6) is -0.770. The van der Waals surface area contributed by atoms with Gasteiger partial charge < -0.3 is 10.2 Å². The van der Waals surface area contributed by atoms with Crippen LogP contribution < -0.4 is 0 Å². The summed E-state index contributed by atoms with van der Waals surface area (Å²) < 4.78 is 0. The van der Waals surface area contributed by atoms with Crippen molar-refractivity contribution in [2.45, 2.75) is 31.9 Å². The molecule has 0 aliphatic carbocycles. The Morgan fingerprint density at radius 2 is 2.42 bits per heavy atom. The number of rotatable bonds is 3. The molecule has 0 aromatic carbocycles. The highest BCUT2D eigenvalue weighted by Crippen LogP contribution is 2.17. The Labute approximate surface area is 71.8 Å². The maximum atomic E-state index is 10.7. The van der Waals surface area contributed by atoms with Gasteiger partial charge in [0.1, 0.15) is 6.04 Å². The van der Waals surface area contributed by atoms with Gasteiger partial charge in [0.05, 0.1) is 6.10 Å². The van der Waals surface area contributed by atoms with Crippen LogP contribution in [0.25, 0.3) is 0 Å². The van der Waals surface area contributed by atoms with Crippen LogP contribution >= 0.6 is 0 Å². The molecule has 2 unspecified atom stereocenters. The summed E-state index contributed by atoms with van der Waals surface area (Å²) >= 11 is 0. The van der Waals surface area contributed by atoms with Crippen LogP contribution in [0.1, 0.15) is 19.8 Å². The van der Waals surface area contributed by atoms with Gasteiger partial charge in [-0.05, 0) is 26.3 Å². The van der Waals surface area contributed by atoms with Gasteiger partial charge in [0.25, 0.3) is 0 Å². The maximum Gasteiger partial charge on any atom is 0.320 e. The maximum absolute atomic E-state index is 10.7. The van der Waals surface area contributed by atoms with Crippen LogP contribution in [0.15, 0.2) is 0 Å². The van der Waals surface area contributed by atoms with Crippen molar-refractivity contribution >= 4 is 5.97 Å². The molecule has 0 bridgehead atoms. The predicted molar refractivity (Wildman–Crippen MR) is 43.9 cm³/mol. The monoisotopic (exact) mass is 173 g/mol. The Balaban J connectivity index is 2.46.